The highest BCUT2D eigenvalue weighted by Crippen LogP contribution is 2.07. The number of rotatable bonds is 6. The van der Waals surface area contributed by atoms with Gasteiger partial charge in [0.1, 0.15) is 5.54 Å². The zero-order valence-corrected chi connectivity index (χ0v) is 11.8. The number of nitrogens with one attached hydrogen (secondary N) is 1. The average Bonchev–Trinajstić information content (AvgIpc) is 2.77. The van der Waals surface area contributed by atoms with Gasteiger partial charge in [-0.25, -0.2) is 0 Å². The number of nitriles is 1. The second-order valence-corrected chi connectivity index (χ2v) is 5.18. The first-order valence-electron chi connectivity index (χ1n) is 6.15. The molecule has 0 saturated carbocycles. The molecule has 6 nitrogen and oxygen atoms in total. The lowest BCUT2D eigenvalue weighted by molar-refractivity contribution is 0.0860. The molecule has 0 radical (unpaired) electrons. The van der Waals surface area contributed by atoms with Gasteiger partial charge in [0.2, 0.25) is 0 Å². The van der Waals surface area contributed by atoms with E-state index in [1.165, 1.54) is 13.3 Å². The summed E-state index contributed by atoms with van der Waals surface area (Å²) in [5, 5.41) is 15.8. The van der Waals surface area contributed by atoms with Gasteiger partial charge in [-0.15, -0.1) is 0 Å². The van der Waals surface area contributed by atoms with E-state index >= 15 is 0 Å². The minimum Gasteiger partial charge on any atom is -0.381 e. The second-order valence-electron chi connectivity index (χ2n) is 5.18. The van der Waals surface area contributed by atoms with E-state index in [0.717, 1.165) is 6.54 Å². The Bertz CT molecular complexity index is 475. The van der Waals surface area contributed by atoms with Gasteiger partial charge in [-0.1, -0.05) is 13.8 Å². The van der Waals surface area contributed by atoms with Crippen molar-refractivity contribution >= 4 is 5.91 Å². The third kappa shape index (κ3) is 4.38. The van der Waals surface area contributed by atoms with Crippen molar-refractivity contribution in [1.29, 1.82) is 5.26 Å². The average molecular weight is 264 g/mol. The molecule has 1 rings (SSSR count). The van der Waals surface area contributed by atoms with Gasteiger partial charge in [0.25, 0.3) is 5.91 Å². The van der Waals surface area contributed by atoms with Gasteiger partial charge in [0, 0.05) is 19.9 Å². The van der Waals surface area contributed by atoms with Crippen molar-refractivity contribution in [2.45, 2.75) is 32.9 Å². The highest BCUT2D eigenvalue weighted by molar-refractivity contribution is 5.94. The first-order chi connectivity index (χ1) is 8.90. The molecule has 1 unspecified atom stereocenters. The fourth-order valence-corrected chi connectivity index (χ4v) is 1.66. The van der Waals surface area contributed by atoms with Crippen LogP contribution in [0.3, 0.4) is 0 Å². The van der Waals surface area contributed by atoms with Crippen molar-refractivity contribution in [2.24, 2.45) is 5.92 Å². The lowest BCUT2D eigenvalue weighted by atomic mass is 10.1. The van der Waals surface area contributed by atoms with E-state index in [1.807, 2.05) is 6.07 Å². The monoisotopic (exact) mass is 264 g/mol. The molecular formula is C13H20N4O2. The lowest BCUT2D eigenvalue weighted by Gasteiger charge is -2.21. The van der Waals surface area contributed by atoms with Crippen LogP contribution in [0, 0.1) is 17.2 Å². The van der Waals surface area contributed by atoms with Crippen LogP contribution in [0.1, 0.15) is 31.1 Å². The van der Waals surface area contributed by atoms with Crippen LogP contribution in [0.25, 0.3) is 0 Å². The lowest BCUT2D eigenvalue weighted by Crippen LogP contribution is -2.48. The summed E-state index contributed by atoms with van der Waals surface area (Å²) in [7, 11) is 1.49. The van der Waals surface area contributed by atoms with Crippen LogP contribution in [0.5, 0.6) is 0 Å². The Kier molecular flexibility index (Phi) is 5.07. The van der Waals surface area contributed by atoms with Crippen molar-refractivity contribution in [3.8, 4) is 6.07 Å². The molecule has 0 bridgehead atoms. The van der Waals surface area contributed by atoms with Crippen LogP contribution in [0.15, 0.2) is 12.4 Å². The number of carbonyl (C=O) groups is 1. The van der Waals surface area contributed by atoms with Gasteiger partial charge < -0.3 is 10.1 Å². The number of hydrogen-bond donors (Lipinski definition) is 1. The molecule has 19 heavy (non-hydrogen) atoms. The first kappa shape index (κ1) is 15.2. The van der Waals surface area contributed by atoms with Crippen LogP contribution in [-0.2, 0) is 11.3 Å². The predicted molar refractivity (Wildman–Crippen MR) is 70.4 cm³/mol. The Labute approximate surface area is 113 Å². The Balaban J connectivity index is 2.73. The van der Waals surface area contributed by atoms with Crippen LogP contribution in [0.2, 0.25) is 0 Å². The number of ether oxygens (including phenoxy) is 1. The summed E-state index contributed by atoms with van der Waals surface area (Å²) in [6.07, 6.45) is 3.18. The number of carbonyl (C=O) groups excluding carboxylic acids is 1. The minimum absolute atomic E-state index is 0.134. The molecule has 1 N–H and O–H groups in total. The number of methoxy groups -OCH3 is 1. The predicted octanol–water partition coefficient (Wildman–Crippen LogP) is 1.20. The smallest absolute Gasteiger partial charge is 0.255 e. The number of aromatic nitrogens is 2. The standard InChI is InChI=1S/C13H20N4O2/c1-10(2)6-17-7-11(5-15-17)12(18)16-13(3,8-14)9-19-4/h5,7,10H,6,9H2,1-4H3,(H,16,18). The molecule has 1 amide bonds. The van der Waals surface area contributed by atoms with E-state index in [2.05, 4.69) is 24.3 Å². The molecule has 0 aliphatic heterocycles. The molecule has 1 heterocycles. The third-order valence-corrected chi connectivity index (χ3v) is 2.52. The summed E-state index contributed by atoms with van der Waals surface area (Å²) in [5.41, 5.74) is -0.593. The second kappa shape index (κ2) is 6.34. The maximum Gasteiger partial charge on any atom is 0.255 e. The van der Waals surface area contributed by atoms with Crippen LogP contribution >= 0.6 is 0 Å². The molecule has 0 spiro atoms. The quantitative estimate of drug-likeness (QED) is 0.837. The van der Waals surface area contributed by atoms with Gasteiger partial charge in [0.15, 0.2) is 0 Å². The van der Waals surface area contributed by atoms with E-state index in [0.29, 0.717) is 11.5 Å². The van der Waals surface area contributed by atoms with Gasteiger partial charge >= 0.3 is 0 Å². The summed E-state index contributed by atoms with van der Waals surface area (Å²) < 4.78 is 6.66. The van der Waals surface area contributed by atoms with Crippen molar-refractivity contribution in [2.75, 3.05) is 13.7 Å². The van der Waals surface area contributed by atoms with E-state index in [9.17, 15) is 4.79 Å². The fraction of sp³-hybridized carbons (Fsp3) is 0.615. The highest BCUT2D eigenvalue weighted by Gasteiger charge is 2.27. The highest BCUT2D eigenvalue weighted by atomic mass is 16.5. The molecule has 1 aromatic heterocycles. The number of amides is 1. The van der Waals surface area contributed by atoms with Gasteiger partial charge in [-0.2, -0.15) is 10.4 Å². The molecule has 0 saturated heterocycles. The molecule has 0 aliphatic rings. The van der Waals surface area contributed by atoms with Crippen molar-refractivity contribution in [1.82, 2.24) is 15.1 Å². The first-order valence-corrected chi connectivity index (χ1v) is 6.15. The molecule has 6 heteroatoms. The summed E-state index contributed by atoms with van der Waals surface area (Å²) in [6, 6.07) is 2.03. The van der Waals surface area contributed by atoms with Crippen LogP contribution in [-0.4, -0.2) is 34.9 Å². The van der Waals surface area contributed by atoms with Gasteiger partial charge in [-0.05, 0) is 12.8 Å². The van der Waals surface area contributed by atoms with Crippen molar-refractivity contribution < 1.29 is 9.53 Å². The molecule has 104 valence electrons. The van der Waals surface area contributed by atoms with Crippen molar-refractivity contribution in [3.05, 3.63) is 18.0 Å². The maximum atomic E-state index is 12.0. The van der Waals surface area contributed by atoms with E-state index in [4.69, 9.17) is 10.00 Å². The Morgan fingerprint density at radius 1 is 1.68 bits per heavy atom. The van der Waals surface area contributed by atoms with E-state index < -0.39 is 5.54 Å². The van der Waals surface area contributed by atoms with E-state index in [-0.39, 0.29) is 12.5 Å². The summed E-state index contributed by atoms with van der Waals surface area (Å²) >= 11 is 0. The van der Waals surface area contributed by atoms with E-state index in [1.54, 1.807) is 17.8 Å². The van der Waals surface area contributed by atoms with Crippen LogP contribution in [0.4, 0.5) is 0 Å². The zero-order valence-electron chi connectivity index (χ0n) is 11.8. The van der Waals surface area contributed by atoms with Crippen molar-refractivity contribution in [3.63, 3.8) is 0 Å². The summed E-state index contributed by atoms with van der Waals surface area (Å²) in [6.45, 7) is 6.66. The zero-order chi connectivity index (χ0) is 14.5. The Hall–Kier alpha value is -1.87. The molecule has 1 aromatic rings. The number of hydrogen-bond acceptors (Lipinski definition) is 4. The van der Waals surface area contributed by atoms with Gasteiger partial charge in [-0.3, -0.25) is 9.48 Å². The minimum atomic E-state index is -1.04. The summed E-state index contributed by atoms with van der Waals surface area (Å²) in [4.78, 5) is 12.0. The summed E-state index contributed by atoms with van der Waals surface area (Å²) in [5.74, 6) is 0.129. The van der Waals surface area contributed by atoms with Crippen LogP contribution < -0.4 is 5.32 Å². The largest absolute Gasteiger partial charge is 0.381 e. The molecule has 0 aromatic carbocycles. The van der Waals surface area contributed by atoms with Gasteiger partial charge in [0.05, 0.1) is 24.4 Å². The normalized spacial score (nSPS) is 13.9. The molecule has 0 aliphatic carbocycles. The molecule has 1 atom stereocenters. The maximum absolute atomic E-state index is 12.0. The Morgan fingerprint density at radius 3 is 2.89 bits per heavy atom. The SMILES string of the molecule is COCC(C)(C#N)NC(=O)c1cnn(CC(C)C)c1. The molecule has 0 fully saturated rings. The fourth-order valence-electron chi connectivity index (χ4n) is 1.66. The third-order valence-electron chi connectivity index (χ3n) is 2.52. The molecular weight excluding hydrogens is 244 g/mol. The number of nitrogens with zero attached hydrogens (tertiary/aromatic N) is 3. The topological polar surface area (TPSA) is 79.9 Å². The Morgan fingerprint density at radius 2 is 2.37 bits per heavy atom.